The molecule has 4 nitrogen and oxygen atoms in total. The predicted octanol–water partition coefficient (Wildman–Crippen LogP) is 4.61. The summed E-state index contributed by atoms with van der Waals surface area (Å²) in [6.45, 7) is 0. The molecule has 0 amide bonds. The van der Waals surface area contributed by atoms with E-state index < -0.39 is 26.8 Å². The molecule has 0 saturated heterocycles. The summed E-state index contributed by atoms with van der Waals surface area (Å²) in [5.74, 6) is 0. The monoisotopic (exact) mass is 394 g/mol. The van der Waals surface area contributed by atoms with Gasteiger partial charge in [0.25, 0.3) is 10.1 Å². The van der Waals surface area contributed by atoms with Gasteiger partial charge in [-0.05, 0) is 30.3 Å². The normalized spacial score (nSPS) is 13.1. The highest BCUT2D eigenvalue weighted by Crippen LogP contribution is 2.42. The fourth-order valence-electron chi connectivity index (χ4n) is 2.30. The van der Waals surface area contributed by atoms with Crippen LogP contribution in [0.5, 0.6) is 0 Å². The van der Waals surface area contributed by atoms with E-state index in [0.29, 0.717) is 10.5 Å². The summed E-state index contributed by atoms with van der Waals surface area (Å²) in [5.41, 5.74) is -1.29. The minimum absolute atomic E-state index is 0.0614. The van der Waals surface area contributed by atoms with E-state index in [9.17, 15) is 26.1 Å². The topological polar surface area (TPSA) is 67.5 Å². The Bertz CT molecular complexity index is 1010. The van der Waals surface area contributed by atoms with Gasteiger partial charge < -0.3 is 4.42 Å². The zero-order valence-corrected chi connectivity index (χ0v) is 12.9. The maximum absolute atomic E-state index is 13.1. The van der Waals surface area contributed by atoms with Crippen molar-refractivity contribution in [1.29, 1.82) is 0 Å². The number of fused-ring (bicyclic) bond motifs is 3. The van der Waals surface area contributed by atoms with Crippen molar-refractivity contribution in [3.05, 3.63) is 40.4 Å². The van der Waals surface area contributed by atoms with Crippen molar-refractivity contribution in [3.8, 4) is 0 Å². The number of alkyl halides is 3. The summed E-state index contributed by atoms with van der Waals surface area (Å²) >= 11 is 3.16. The Hall–Kier alpha value is -1.58. The molecule has 116 valence electrons. The zero-order chi connectivity index (χ0) is 16.3. The summed E-state index contributed by atoms with van der Waals surface area (Å²) in [6, 6.07) is 6.11. The van der Waals surface area contributed by atoms with Gasteiger partial charge in [-0.3, -0.25) is 4.55 Å². The molecular weight excluding hydrogens is 389 g/mol. The average molecular weight is 395 g/mol. The second kappa shape index (κ2) is 4.71. The van der Waals surface area contributed by atoms with E-state index in [4.69, 9.17) is 4.42 Å². The van der Waals surface area contributed by atoms with Gasteiger partial charge in [0.2, 0.25) is 0 Å². The Morgan fingerprint density at radius 1 is 1.09 bits per heavy atom. The van der Waals surface area contributed by atoms with Gasteiger partial charge in [0.05, 0.1) is 5.56 Å². The van der Waals surface area contributed by atoms with Gasteiger partial charge in [-0.25, -0.2) is 0 Å². The first kappa shape index (κ1) is 15.3. The van der Waals surface area contributed by atoms with E-state index in [2.05, 4.69) is 15.9 Å². The van der Waals surface area contributed by atoms with Gasteiger partial charge in [0, 0.05) is 15.2 Å². The highest BCUT2D eigenvalue weighted by molar-refractivity contribution is 9.10. The molecule has 9 heteroatoms. The quantitative estimate of drug-likeness (QED) is 0.611. The minimum atomic E-state index is -5.11. The Morgan fingerprint density at radius 2 is 1.73 bits per heavy atom. The van der Waals surface area contributed by atoms with E-state index in [1.165, 1.54) is 12.1 Å². The maximum Gasteiger partial charge on any atom is 0.417 e. The average Bonchev–Trinajstić information content (AvgIpc) is 2.73. The number of furan rings is 1. The van der Waals surface area contributed by atoms with Crippen LogP contribution in [0.2, 0.25) is 0 Å². The van der Waals surface area contributed by atoms with Gasteiger partial charge in [-0.2, -0.15) is 21.6 Å². The lowest BCUT2D eigenvalue weighted by Crippen LogP contribution is -2.13. The third-order valence-electron chi connectivity index (χ3n) is 3.11. The summed E-state index contributed by atoms with van der Waals surface area (Å²) in [7, 11) is -5.11. The molecule has 2 aromatic carbocycles. The van der Waals surface area contributed by atoms with Crippen LogP contribution in [0, 0.1) is 0 Å². The summed E-state index contributed by atoms with van der Waals surface area (Å²) in [6.07, 6.45) is -4.94. The Balaban J connectivity index is 2.62. The van der Waals surface area contributed by atoms with Crippen molar-refractivity contribution in [3.63, 3.8) is 0 Å². The van der Waals surface area contributed by atoms with Crippen LogP contribution in [-0.2, 0) is 16.3 Å². The van der Waals surface area contributed by atoms with Crippen LogP contribution in [0.25, 0.3) is 21.9 Å². The first-order valence-electron chi connectivity index (χ1n) is 5.78. The second-order valence-corrected chi connectivity index (χ2v) is 6.80. The van der Waals surface area contributed by atoms with E-state index in [0.717, 1.165) is 6.07 Å². The molecule has 0 spiro atoms. The molecule has 0 fully saturated rings. The van der Waals surface area contributed by atoms with Crippen molar-refractivity contribution in [2.45, 2.75) is 11.1 Å². The molecule has 0 unspecified atom stereocenters. The molecule has 22 heavy (non-hydrogen) atoms. The smallest absolute Gasteiger partial charge is 0.417 e. The standard InChI is InChI=1S/C13H6BrF3O4S/c14-6-1-3-9-7(5-6)11-10(21-9)4-2-8(13(15,16)17)12(11)22(18,19)20/h1-5H,(H,18,19,20). The van der Waals surface area contributed by atoms with Crippen molar-refractivity contribution >= 4 is 48.0 Å². The van der Waals surface area contributed by atoms with Crippen LogP contribution in [0.3, 0.4) is 0 Å². The molecule has 0 aliphatic carbocycles. The van der Waals surface area contributed by atoms with Crippen molar-refractivity contribution in [1.82, 2.24) is 0 Å². The lowest BCUT2D eigenvalue weighted by molar-refractivity contribution is -0.139. The van der Waals surface area contributed by atoms with Crippen LogP contribution in [0.4, 0.5) is 13.2 Å². The molecule has 0 bridgehead atoms. The first-order valence-corrected chi connectivity index (χ1v) is 8.02. The van der Waals surface area contributed by atoms with Crippen LogP contribution in [-0.4, -0.2) is 13.0 Å². The lowest BCUT2D eigenvalue weighted by Gasteiger charge is -2.11. The molecule has 0 aliphatic heterocycles. The van der Waals surface area contributed by atoms with Crippen LogP contribution in [0.15, 0.2) is 44.1 Å². The number of hydrogen-bond donors (Lipinski definition) is 1. The van der Waals surface area contributed by atoms with Crippen LogP contribution < -0.4 is 0 Å². The summed E-state index contributed by atoms with van der Waals surface area (Å²) in [5, 5.41) is -0.142. The van der Waals surface area contributed by atoms with E-state index >= 15 is 0 Å². The van der Waals surface area contributed by atoms with Gasteiger partial charge in [-0.1, -0.05) is 15.9 Å². The highest BCUT2D eigenvalue weighted by Gasteiger charge is 2.39. The number of halogens is 4. The Morgan fingerprint density at radius 3 is 2.32 bits per heavy atom. The molecule has 0 atom stereocenters. The Labute approximate surface area is 130 Å². The fourth-order valence-corrected chi connectivity index (χ4v) is 3.59. The molecule has 3 aromatic rings. The summed E-state index contributed by atoms with van der Waals surface area (Å²) in [4.78, 5) is -1.20. The zero-order valence-electron chi connectivity index (χ0n) is 10.5. The summed E-state index contributed by atoms with van der Waals surface area (Å²) < 4.78 is 77.5. The van der Waals surface area contributed by atoms with E-state index in [1.807, 2.05) is 0 Å². The molecule has 0 radical (unpaired) electrons. The molecule has 0 aliphatic rings. The van der Waals surface area contributed by atoms with Gasteiger partial charge in [0.1, 0.15) is 16.1 Å². The third-order valence-corrected chi connectivity index (χ3v) is 4.55. The van der Waals surface area contributed by atoms with Gasteiger partial charge in [-0.15, -0.1) is 0 Å². The molecule has 1 aromatic heterocycles. The highest BCUT2D eigenvalue weighted by atomic mass is 79.9. The Kier molecular flexibility index (Phi) is 3.28. The minimum Gasteiger partial charge on any atom is -0.456 e. The third kappa shape index (κ3) is 2.38. The van der Waals surface area contributed by atoms with Gasteiger partial charge >= 0.3 is 6.18 Å². The number of benzene rings is 2. The number of rotatable bonds is 1. The molecule has 1 N–H and O–H groups in total. The largest absolute Gasteiger partial charge is 0.456 e. The maximum atomic E-state index is 13.1. The molecule has 0 saturated carbocycles. The van der Waals surface area contributed by atoms with E-state index in [1.54, 1.807) is 6.07 Å². The molecule has 1 heterocycles. The number of hydrogen-bond acceptors (Lipinski definition) is 3. The van der Waals surface area contributed by atoms with Crippen molar-refractivity contribution in [2.24, 2.45) is 0 Å². The van der Waals surface area contributed by atoms with Crippen LogP contribution in [0.1, 0.15) is 5.56 Å². The van der Waals surface area contributed by atoms with E-state index in [-0.39, 0.29) is 21.9 Å². The SMILES string of the molecule is O=S(=O)(O)c1c(C(F)(F)F)ccc2oc3ccc(Br)cc3c12. The van der Waals surface area contributed by atoms with Crippen LogP contribution >= 0.6 is 15.9 Å². The van der Waals surface area contributed by atoms with Crippen molar-refractivity contribution in [2.75, 3.05) is 0 Å². The predicted molar refractivity (Wildman–Crippen MR) is 76.2 cm³/mol. The fraction of sp³-hybridized carbons (Fsp3) is 0.0769. The first-order chi connectivity index (χ1) is 10.1. The second-order valence-electron chi connectivity index (χ2n) is 4.53. The van der Waals surface area contributed by atoms with Gasteiger partial charge in [0.15, 0.2) is 0 Å². The molecule has 3 rings (SSSR count). The molecular formula is C13H6BrF3O4S. The van der Waals surface area contributed by atoms with Crippen molar-refractivity contribution < 1.29 is 30.6 Å². The lowest BCUT2D eigenvalue weighted by atomic mass is 10.1.